The van der Waals surface area contributed by atoms with Crippen LogP contribution in [0.1, 0.15) is 32.1 Å². The highest BCUT2D eigenvalue weighted by Gasteiger charge is 2.26. The minimum atomic E-state index is -0.444. The summed E-state index contributed by atoms with van der Waals surface area (Å²) in [6.07, 6.45) is 6.90. The zero-order valence-corrected chi connectivity index (χ0v) is 6.02. The second-order valence-corrected chi connectivity index (χ2v) is 2.94. The Bertz CT molecular complexity index is 119. The Labute approximate surface area is 61.0 Å². The molecule has 3 N–H and O–H groups in total. The lowest BCUT2D eigenvalue weighted by Crippen LogP contribution is -2.53. The first-order valence-electron chi connectivity index (χ1n) is 3.70. The van der Waals surface area contributed by atoms with Gasteiger partial charge >= 0.3 is 6.41 Å². The van der Waals surface area contributed by atoms with Crippen molar-refractivity contribution in [2.24, 2.45) is 5.73 Å². The van der Waals surface area contributed by atoms with Crippen LogP contribution in [0, 0.1) is 0 Å². The van der Waals surface area contributed by atoms with Gasteiger partial charge in [-0.15, -0.1) is 0 Å². The van der Waals surface area contributed by atoms with E-state index in [4.69, 9.17) is 5.73 Å². The number of nitrogens with one attached hydrogen (secondary N) is 1. The van der Waals surface area contributed by atoms with Crippen molar-refractivity contribution in [3.8, 4) is 0 Å². The first kappa shape index (κ1) is 7.54. The minimum Gasteiger partial charge on any atom is -0.330 e. The van der Waals surface area contributed by atoms with Gasteiger partial charge in [-0.2, -0.15) is 0 Å². The molecule has 57 valence electrons. The number of rotatable bonds is 2. The molecule has 0 aromatic heterocycles. The van der Waals surface area contributed by atoms with E-state index in [9.17, 15) is 4.79 Å². The summed E-state index contributed by atoms with van der Waals surface area (Å²) >= 11 is 0. The van der Waals surface area contributed by atoms with Gasteiger partial charge in [-0.1, -0.05) is 6.42 Å². The summed E-state index contributed by atoms with van der Waals surface area (Å²) in [5, 5.41) is 2.53. The van der Waals surface area contributed by atoms with E-state index in [2.05, 4.69) is 5.32 Å². The molecule has 1 aliphatic rings. The second kappa shape index (κ2) is 3.01. The zero-order valence-electron chi connectivity index (χ0n) is 6.02. The third kappa shape index (κ3) is 1.70. The van der Waals surface area contributed by atoms with E-state index in [0.717, 1.165) is 25.7 Å². The van der Waals surface area contributed by atoms with Gasteiger partial charge in [0.25, 0.3) is 0 Å². The summed E-state index contributed by atoms with van der Waals surface area (Å²) in [5.41, 5.74) is 5.35. The fourth-order valence-corrected chi connectivity index (χ4v) is 1.41. The van der Waals surface area contributed by atoms with Crippen molar-refractivity contribution in [2.75, 3.05) is 0 Å². The summed E-state index contributed by atoms with van der Waals surface area (Å²) in [6, 6.07) is 0. The molecule has 1 radical (unpaired) electrons. The number of hydrogen-bond acceptors (Lipinski definition) is 2. The number of amides is 1. The first-order valence-corrected chi connectivity index (χ1v) is 3.70. The Balaban J connectivity index is 2.39. The predicted molar refractivity (Wildman–Crippen MR) is 38.8 cm³/mol. The lowest BCUT2D eigenvalue weighted by atomic mass is 9.90. The molecule has 1 amide bonds. The highest BCUT2D eigenvalue weighted by atomic mass is 16.1. The van der Waals surface area contributed by atoms with E-state index in [1.807, 2.05) is 0 Å². The summed E-state index contributed by atoms with van der Waals surface area (Å²) < 4.78 is 0. The second-order valence-electron chi connectivity index (χ2n) is 2.94. The number of carbonyl (C=O) groups excluding carboxylic acids is 1. The molecule has 3 heteroatoms. The molecule has 1 aliphatic carbocycles. The van der Waals surface area contributed by atoms with Crippen LogP contribution in [0.25, 0.3) is 0 Å². The fourth-order valence-electron chi connectivity index (χ4n) is 1.41. The predicted octanol–water partition coefficient (Wildman–Crippen LogP) is 0.262. The van der Waals surface area contributed by atoms with E-state index in [1.165, 1.54) is 6.42 Å². The van der Waals surface area contributed by atoms with Gasteiger partial charge in [0.2, 0.25) is 0 Å². The molecule has 1 fully saturated rings. The van der Waals surface area contributed by atoms with Crippen LogP contribution in [-0.2, 0) is 4.79 Å². The van der Waals surface area contributed by atoms with E-state index in [0.29, 0.717) is 0 Å². The van der Waals surface area contributed by atoms with Gasteiger partial charge in [-0.05, 0) is 25.7 Å². The molecule has 0 bridgehead atoms. The normalized spacial score (nSPS) is 23.7. The zero-order chi connectivity index (χ0) is 7.45. The maximum atomic E-state index is 9.96. The molecule has 0 heterocycles. The molecule has 0 spiro atoms. The molecule has 1 rings (SSSR count). The van der Waals surface area contributed by atoms with E-state index >= 15 is 0 Å². The Kier molecular flexibility index (Phi) is 2.27. The van der Waals surface area contributed by atoms with Gasteiger partial charge in [0.15, 0.2) is 0 Å². The van der Waals surface area contributed by atoms with Gasteiger partial charge in [0, 0.05) is 0 Å². The van der Waals surface area contributed by atoms with E-state index in [1.54, 1.807) is 6.41 Å². The molecule has 0 aliphatic heterocycles. The maximum Gasteiger partial charge on any atom is 0.310 e. The van der Waals surface area contributed by atoms with Crippen LogP contribution in [0.2, 0.25) is 0 Å². The number of nitrogens with two attached hydrogens (primary N) is 1. The smallest absolute Gasteiger partial charge is 0.310 e. The van der Waals surface area contributed by atoms with Gasteiger partial charge < -0.3 is 11.1 Å². The van der Waals surface area contributed by atoms with Crippen LogP contribution < -0.4 is 11.1 Å². The van der Waals surface area contributed by atoms with Crippen molar-refractivity contribution in [2.45, 2.75) is 37.8 Å². The average molecular weight is 141 g/mol. The topological polar surface area (TPSA) is 55.1 Å². The Morgan fingerprint density at radius 2 is 1.90 bits per heavy atom. The highest BCUT2D eigenvalue weighted by Crippen LogP contribution is 2.22. The quantitative estimate of drug-likeness (QED) is 0.428. The van der Waals surface area contributed by atoms with E-state index < -0.39 is 5.66 Å². The molecule has 0 saturated heterocycles. The average Bonchev–Trinajstić information content (AvgIpc) is 1.89. The van der Waals surface area contributed by atoms with Crippen molar-refractivity contribution in [3.05, 3.63) is 0 Å². The van der Waals surface area contributed by atoms with Crippen LogP contribution >= 0.6 is 0 Å². The van der Waals surface area contributed by atoms with Crippen molar-refractivity contribution in [1.82, 2.24) is 5.32 Å². The molecule has 0 aromatic carbocycles. The van der Waals surface area contributed by atoms with Crippen LogP contribution in [-0.4, -0.2) is 12.1 Å². The lowest BCUT2D eigenvalue weighted by Gasteiger charge is -2.31. The summed E-state index contributed by atoms with van der Waals surface area (Å²) in [4.78, 5) is 9.96. The van der Waals surface area contributed by atoms with Crippen molar-refractivity contribution < 1.29 is 4.79 Å². The van der Waals surface area contributed by atoms with Gasteiger partial charge in [0.05, 0.1) is 5.66 Å². The molecule has 10 heavy (non-hydrogen) atoms. The molecular weight excluding hydrogens is 128 g/mol. The van der Waals surface area contributed by atoms with Crippen LogP contribution in [0.3, 0.4) is 0 Å². The monoisotopic (exact) mass is 141 g/mol. The van der Waals surface area contributed by atoms with Crippen molar-refractivity contribution >= 4 is 6.41 Å². The third-order valence-corrected chi connectivity index (χ3v) is 2.05. The number of hydrogen-bond donors (Lipinski definition) is 2. The highest BCUT2D eigenvalue weighted by molar-refractivity contribution is 5.48. The van der Waals surface area contributed by atoms with Crippen molar-refractivity contribution in [3.63, 3.8) is 0 Å². The molecule has 0 atom stereocenters. The molecule has 0 aromatic rings. The van der Waals surface area contributed by atoms with Gasteiger partial charge in [0.1, 0.15) is 0 Å². The lowest BCUT2D eigenvalue weighted by molar-refractivity contribution is 0.270. The molecular formula is C7H13N2O. The third-order valence-electron chi connectivity index (χ3n) is 2.05. The SMILES string of the molecule is NC1(N[C]=O)CCCCC1. The van der Waals surface area contributed by atoms with Crippen LogP contribution in [0.4, 0.5) is 0 Å². The largest absolute Gasteiger partial charge is 0.330 e. The fraction of sp³-hybridized carbons (Fsp3) is 0.857. The summed E-state index contributed by atoms with van der Waals surface area (Å²) in [6.45, 7) is 0. The maximum absolute atomic E-state index is 9.96. The van der Waals surface area contributed by atoms with Crippen LogP contribution in [0.5, 0.6) is 0 Å². The van der Waals surface area contributed by atoms with E-state index in [-0.39, 0.29) is 0 Å². The standard InChI is InChI=1S/C7H13N2O/c8-7(9-6-10)4-2-1-3-5-7/h1-5,8H2,(H,9,10). The Morgan fingerprint density at radius 1 is 1.30 bits per heavy atom. The van der Waals surface area contributed by atoms with Gasteiger partial charge in [-0.3, -0.25) is 4.79 Å². The van der Waals surface area contributed by atoms with Crippen molar-refractivity contribution in [1.29, 1.82) is 0 Å². The summed E-state index contributed by atoms with van der Waals surface area (Å²) in [5.74, 6) is 0. The van der Waals surface area contributed by atoms with Gasteiger partial charge in [-0.25, -0.2) is 0 Å². The molecule has 1 saturated carbocycles. The Morgan fingerprint density at radius 3 is 2.40 bits per heavy atom. The minimum absolute atomic E-state index is 0.444. The Hall–Kier alpha value is -0.570. The molecule has 0 unspecified atom stereocenters. The first-order chi connectivity index (χ1) is 4.77. The van der Waals surface area contributed by atoms with Crippen LogP contribution in [0.15, 0.2) is 0 Å². The summed E-state index contributed by atoms with van der Waals surface area (Å²) in [7, 11) is 0. The molecule has 3 nitrogen and oxygen atoms in total.